The molecule has 0 radical (unpaired) electrons. The van der Waals surface area contributed by atoms with Crippen molar-refractivity contribution in [3.63, 3.8) is 0 Å². The molecule has 0 aliphatic heterocycles. The van der Waals surface area contributed by atoms with E-state index in [0.29, 0.717) is 5.41 Å². The molecular weight excluding hydrogens is 210 g/mol. The molecule has 0 aromatic rings. The van der Waals surface area contributed by atoms with Crippen LogP contribution in [0.3, 0.4) is 0 Å². The van der Waals surface area contributed by atoms with Crippen LogP contribution in [0.15, 0.2) is 0 Å². The number of nitrogens with one attached hydrogen (secondary N) is 1. The van der Waals surface area contributed by atoms with E-state index < -0.39 is 0 Å². The molecule has 2 rings (SSSR count). The lowest BCUT2D eigenvalue weighted by Gasteiger charge is -2.33. The summed E-state index contributed by atoms with van der Waals surface area (Å²) in [6, 6.07) is 0.809. The zero-order chi connectivity index (χ0) is 12.0. The summed E-state index contributed by atoms with van der Waals surface area (Å²) in [6.45, 7) is 2.17. The Bertz CT molecular complexity index is 205. The number of hydrogen-bond donors (Lipinski definition) is 1. The molecule has 2 nitrogen and oxygen atoms in total. The average Bonchev–Trinajstić information content (AvgIpc) is 2.85. The Balaban J connectivity index is 1.76. The Morgan fingerprint density at radius 2 is 1.76 bits per heavy atom. The summed E-state index contributed by atoms with van der Waals surface area (Å²) < 4.78 is 5.29. The molecule has 2 fully saturated rings. The summed E-state index contributed by atoms with van der Waals surface area (Å²) in [4.78, 5) is 0. The summed E-state index contributed by atoms with van der Waals surface area (Å²) in [5, 5.41) is 3.86. The lowest BCUT2D eigenvalue weighted by atomic mass is 9.82. The van der Waals surface area contributed by atoms with Gasteiger partial charge in [0.25, 0.3) is 0 Å². The molecule has 0 heterocycles. The van der Waals surface area contributed by atoms with Crippen LogP contribution in [0.1, 0.15) is 64.2 Å². The van der Waals surface area contributed by atoms with Crippen LogP contribution in [-0.2, 0) is 4.74 Å². The highest BCUT2D eigenvalue weighted by Crippen LogP contribution is 2.40. The van der Waals surface area contributed by atoms with Gasteiger partial charge in [0.1, 0.15) is 0 Å². The number of methoxy groups -OCH3 is 1. The Morgan fingerprint density at radius 3 is 2.41 bits per heavy atom. The Morgan fingerprint density at radius 1 is 1.06 bits per heavy atom. The molecule has 0 amide bonds. The second-order valence-electron chi connectivity index (χ2n) is 6.17. The van der Waals surface area contributed by atoms with Crippen molar-refractivity contribution in [3.8, 4) is 0 Å². The van der Waals surface area contributed by atoms with E-state index in [4.69, 9.17) is 4.74 Å². The van der Waals surface area contributed by atoms with Crippen LogP contribution >= 0.6 is 0 Å². The predicted octanol–water partition coefficient (Wildman–Crippen LogP) is 3.51. The summed E-state index contributed by atoms with van der Waals surface area (Å²) in [5.41, 5.74) is 0.563. The largest absolute Gasteiger partial charge is 0.385 e. The monoisotopic (exact) mass is 239 g/mol. The Labute approximate surface area is 107 Å². The standard InChI is InChI=1S/C15H29NO/c1-17-12-11-15(9-5-6-10-15)13-16-14-7-3-2-4-8-14/h14,16H,2-13H2,1H3. The molecule has 2 aliphatic rings. The maximum Gasteiger partial charge on any atom is 0.0468 e. The molecule has 2 saturated carbocycles. The van der Waals surface area contributed by atoms with E-state index >= 15 is 0 Å². The summed E-state index contributed by atoms with van der Waals surface area (Å²) >= 11 is 0. The van der Waals surface area contributed by atoms with Crippen LogP contribution in [-0.4, -0.2) is 26.3 Å². The highest BCUT2D eigenvalue weighted by atomic mass is 16.5. The molecule has 0 bridgehead atoms. The first-order valence-electron chi connectivity index (χ1n) is 7.57. The van der Waals surface area contributed by atoms with Crippen molar-refractivity contribution in [1.29, 1.82) is 0 Å². The van der Waals surface area contributed by atoms with Gasteiger partial charge in [0, 0.05) is 26.3 Å². The lowest BCUT2D eigenvalue weighted by Crippen LogP contribution is -2.40. The molecule has 1 N–H and O–H groups in total. The van der Waals surface area contributed by atoms with Crippen LogP contribution in [0.5, 0.6) is 0 Å². The fraction of sp³-hybridized carbons (Fsp3) is 1.00. The molecule has 2 aliphatic carbocycles. The number of hydrogen-bond acceptors (Lipinski definition) is 2. The molecule has 17 heavy (non-hydrogen) atoms. The van der Waals surface area contributed by atoms with Gasteiger partial charge in [-0.2, -0.15) is 0 Å². The first-order valence-corrected chi connectivity index (χ1v) is 7.57. The van der Waals surface area contributed by atoms with Crippen molar-refractivity contribution in [2.24, 2.45) is 5.41 Å². The van der Waals surface area contributed by atoms with Gasteiger partial charge in [0.2, 0.25) is 0 Å². The van der Waals surface area contributed by atoms with E-state index in [1.165, 1.54) is 70.8 Å². The van der Waals surface area contributed by atoms with Gasteiger partial charge in [0.15, 0.2) is 0 Å². The van der Waals surface area contributed by atoms with Crippen molar-refractivity contribution < 1.29 is 4.74 Å². The van der Waals surface area contributed by atoms with Crippen LogP contribution in [0, 0.1) is 5.41 Å². The van der Waals surface area contributed by atoms with Crippen molar-refractivity contribution in [3.05, 3.63) is 0 Å². The second kappa shape index (κ2) is 6.75. The molecule has 0 aromatic carbocycles. The first kappa shape index (κ1) is 13.4. The van der Waals surface area contributed by atoms with Gasteiger partial charge in [-0.05, 0) is 37.5 Å². The molecule has 0 aromatic heterocycles. The predicted molar refractivity (Wildman–Crippen MR) is 72.3 cm³/mol. The molecular formula is C15H29NO. The van der Waals surface area contributed by atoms with Crippen molar-refractivity contribution in [1.82, 2.24) is 5.32 Å². The zero-order valence-electron chi connectivity index (χ0n) is 11.5. The van der Waals surface area contributed by atoms with Crippen LogP contribution < -0.4 is 5.32 Å². The van der Waals surface area contributed by atoms with Gasteiger partial charge in [-0.25, -0.2) is 0 Å². The number of rotatable bonds is 6. The molecule has 0 saturated heterocycles. The second-order valence-corrected chi connectivity index (χ2v) is 6.17. The van der Waals surface area contributed by atoms with Gasteiger partial charge in [-0.3, -0.25) is 0 Å². The minimum absolute atomic E-state index is 0.563. The molecule has 100 valence electrons. The third-order valence-corrected chi connectivity index (χ3v) is 4.87. The normalized spacial score (nSPS) is 25.2. The van der Waals surface area contributed by atoms with E-state index in [1.54, 1.807) is 0 Å². The summed E-state index contributed by atoms with van der Waals surface area (Å²) in [6.07, 6.45) is 14.1. The maximum atomic E-state index is 5.29. The van der Waals surface area contributed by atoms with Crippen LogP contribution in [0.4, 0.5) is 0 Å². The van der Waals surface area contributed by atoms with Crippen molar-refractivity contribution in [2.45, 2.75) is 70.3 Å². The van der Waals surface area contributed by atoms with Gasteiger partial charge in [-0.15, -0.1) is 0 Å². The first-order chi connectivity index (χ1) is 8.35. The van der Waals surface area contributed by atoms with Crippen LogP contribution in [0.2, 0.25) is 0 Å². The highest BCUT2D eigenvalue weighted by Gasteiger charge is 2.33. The molecule has 0 spiro atoms. The van der Waals surface area contributed by atoms with Crippen LogP contribution in [0.25, 0.3) is 0 Å². The third-order valence-electron chi connectivity index (χ3n) is 4.87. The summed E-state index contributed by atoms with van der Waals surface area (Å²) in [5.74, 6) is 0. The lowest BCUT2D eigenvalue weighted by molar-refractivity contribution is 0.131. The fourth-order valence-corrected chi connectivity index (χ4v) is 3.63. The molecule has 0 unspecified atom stereocenters. The topological polar surface area (TPSA) is 21.3 Å². The maximum absolute atomic E-state index is 5.29. The fourth-order valence-electron chi connectivity index (χ4n) is 3.63. The Kier molecular flexibility index (Phi) is 5.30. The van der Waals surface area contributed by atoms with Gasteiger partial charge >= 0.3 is 0 Å². The number of ether oxygens (including phenoxy) is 1. The molecule has 2 heteroatoms. The van der Waals surface area contributed by atoms with Gasteiger partial charge in [-0.1, -0.05) is 32.1 Å². The highest BCUT2D eigenvalue weighted by molar-refractivity contribution is 4.88. The minimum atomic E-state index is 0.563. The summed E-state index contributed by atoms with van der Waals surface area (Å²) in [7, 11) is 1.83. The van der Waals surface area contributed by atoms with E-state index in [0.717, 1.165) is 12.6 Å². The smallest absolute Gasteiger partial charge is 0.0468 e. The van der Waals surface area contributed by atoms with E-state index in [9.17, 15) is 0 Å². The van der Waals surface area contributed by atoms with E-state index in [-0.39, 0.29) is 0 Å². The quantitative estimate of drug-likeness (QED) is 0.766. The van der Waals surface area contributed by atoms with E-state index in [1.807, 2.05) is 7.11 Å². The Hall–Kier alpha value is -0.0800. The third kappa shape index (κ3) is 3.96. The minimum Gasteiger partial charge on any atom is -0.385 e. The van der Waals surface area contributed by atoms with Gasteiger partial charge < -0.3 is 10.1 Å². The average molecular weight is 239 g/mol. The van der Waals surface area contributed by atoms with Crippen molar-refractivity contribution >= 4 is 0 Å². The van der Waals surface area contributed by atoms with E-state index in [2.05, 4.69) is 5.32 Å². The van der Waals surface area contributed by atoms with Crippen molar-refractivity contribution in [2.75, 3.05) is 20.3 Å². The molecule has 0 atom stereocenters. The van der Waals surface area contributed by atoms with Gasteiger partial charge in [0.05, 0.1) is 0 Å². The zero-order valence-corrected chi connectivity index (χ0v) is 11.5. The SMILES string of the molecule is COCCC1(CNC2CCCCC2)CCCC1.